The van der Waals surface area contributed by atoms with Gasteiger partial charge in [-0.3, -0.25) is 4.98 Å². The Morgan fingerprint density at radius 2 is 1.36 bits per heavy atom. The second-order valence-electron chi connectivity index (χ2n) is 8.10. The number of rotatable bonds is 9. The average Bonchev–Trinajstić information content (AvgIpc) is 2.88. The number of benzene rings is 3. The number of ether oxygens (including phenoxy) is 2. The van der Waals surface area contributed by atoms with Gasteiger partial charge in [0.1, 0.15) is 18.1 Å². The Bertz CT molecular complexity index is 1180. The fourth-order valence-corrected chi connectivity index (χ4v) is 4.23. The molecule has 0 spiro atoms. The van der Waals surface area contributed by atoms with Gasteiger partial charge in [0, 0.05) is 29.8 Å². The summed E-state index contributed by atoms with van der Waals surface area (Å²) in [5.41, 5.74) is 8.15. The lowest BCUT2D eigenvalue weighted by atomic mass is 9.94. The van der Waals surface area contributed by atoms with E-state index in [0.29, 0.717) is 6.61 Å². The maximum atomic E-state index is 6.25. The molecule has 0 bridgehead atoms. The van der Waals surface area contributed by atoms with Crippen LogP contribution in [-0.2, 0) is 25.9 Å². The van der Waals surface area contributed by atoms with Crippen molar-refractivity contribution in [2.24, 2.45) is 0 Å². The molecule has 168 valence electrons. The Hall–Kier alpha value is -3.59. The minimum absolute atomic E-state index is 0.401. The molecule has 3 nitrogen and oxygen atoms in total. The molecule has 33 heavy (non-hydrogen) atoms. The molecule has 0 saturated carbocycles. The number of nitrogens with zero attached hydrogens (tertiary/aromatic N) is 1. The Morgan fingerprint density at radius 3 is 2.06 bits per heavy atom. The van der Waals surface area contributed by atoms with E-state index in [1.807, 2.05) is 30.5 Å². The molecule has 0 N–H and O–H groups in total. The van der Waals surface area contributed by atoms with Crippen LogP contribution < -0.4 is 9.47 Å². The third-order valence-electron chi connectivity index (χ3n) is 6.01. The van der Waals surface area contributed by atoms with Gasteiger partial charge in [-0.15, -0.1) is 0 Å². The van der Waals surface area contributed by atoms with Crippen LogP contribution in [0.3, 0.4) is 0 Å². The van der Waals surface area contributed by atoms with Crippen LogP contribution >= 0.6 is 0 Å². The number of hydrogen-bond acceptors (Lipinski definition) is 3. The van der Waals surface area contributed by atoms with Crippen molar-refractivity contribution in [3.8, 4) is 22.8 Å². The summed E-state index contributed by atoms with van der Waals surface area (Å²) in [7, 11) is 1.71. The highest BCUT2D eigenvalue weighted by Crippen LogP contribution is 2.32. The molecular weight excluding hydrogens is 406 g/mol. The zero-order valence-corrected chi connectivity index (χ0v) is 19.7. The SMILES string of the molecule is CCc1cccc(CC)c1-c1cc(OC)c(COc2ccccc2Cc2ccccc2)cn1. The number of para-hydroxylation sites is 1. The van der Waals surface area contributed by atoms with E-state index < -0.39 is 0 Å². The summed E-state index contributed by atoms with van der Waals surface area (Å²) in [4.78, 5) is 4.82. The van der Waals surface area contributed by atoms with Crippen molar-refractivity contribution in [2.45, 2.75) is 39.7 Å². The van der Waals surface area contributed by atoms with Gasteiger partial charge in [0.25, 0.3) is 0 Å². The molecule has 0 atom stereocenters. The van der Waals surface area contributed by atoms with E-state index in [9.17, 15) is 0 Å². The van der Waals surface area contributed by atoms with Gasteiger partial charge in [0.05, 0.1) is 12.8 Å². The van der Waals surface area contributed by atoms with Crippen LogP contribution in [0.1, 0.15) is 41.7 Å². The number of aryl methyl sites for hydroxylation is 2. The third kappa shape index (κ3) is 5.25. The normalized spacial score (nSPS) is 10.8. The van der Waals surface area contributed by atoms with Gasteiger partial charge in [-0.1, -0.05) is 80.6 Å². The smallest absolute Gasteiger partial charge is 0.129 e. The van der Waals surface area contributed by atoms with Gasteiger partial charge in [-0.05, 0) is 41.2 Å². The predicted molar refractivity (Wildman–Crippen MR) is 135 cm³/mol. The molecule has 0 amide bonds. The van der Waals surface area contributed by atoms with E-state index in [2.05, 4.69) is 68.4 Å². The first-order valence-electron chi connectivity index (χ1n) is 11.6. The number of methoxy groups -OCH3 is 1. The van der Waals surface area contributed by atoms with Crippen LogP contribution in [0.25, 0.3) is 11.3 Å². The van der Waals surface area contributed by atoms with Crippen molar-refractivity contribution in [3.63, 3.8) is 0 Å². The zero-order valence-electron chi connectivity index (χ0n) is 19.7. The first-order chi connectivity index (χ1) is 16.2. The van der Waals surface area contributed by atoms with Gasteiger partial charge in [-0.25, -0.2) is 0 Å². The number of pyridine rings is 1. The second-order valence-corrected chi connectivity index (χ2v) is 8.10. The molecule has 0 aliphatic carbocycles. The molecule has 0 unspecified atom stereocenters. The van der Waals surface area contributed by atoms with Crippen LogP contribution in [0.15, 0.2) is 85.1 Å². The molecule has 1 heterocycles. The molecule has 4 aromatic rings. The molecule has 4 rings (SSSR count). The molecule has 0 saturated heterocycles. The average molecular weight is 438 g/mol. The maximum Gasteiger partial charge on any atom is 0.129 e. The highest BCUT2D eigenvalue weighted by Gasteiger charge is 2.14. The first-order valence-corrected chi connectivity index (χ1v) is 11.6. The summed E-state index contributed by atoms with van der Waals surface area (Å²) in [6.45, 7) is 4.77. The summed E-state index contributed by atoms with van der Waals surface area (Å²) in [5.74, 6) is 1.69. The lowest BCUT2D eigenvalue weighted by Gasteiger charge is -2.16. The van der Waals surface area contributed by atoms with E-state index >= 15 is 0 Å². The van der Waals surface area contributed by atoms with E-state index in [4.69, 9.17) is 14.5 Å². The summed E-state index contributed by atoms with van der Waals surface area (Å²) in [6.07, 6.45) is 4.66. The molecule has 3 heteroatoms. The van der Waals surface area contributed by atoms with Crippen LogP contribution in [0.5, 0.6) is 11.5 Å². The highest BCUT2D eigenvalue weighted by atomic mass is 16.5. The summed E-state index contributed by atoms with van der Waals surface area (Å²) < 4.78 is 12.0. The molecule has 3 aromatic carbocycles. The van der Waals surface area contributed by atoms with Crippen molar-refractivity contribution in [1.82, 2.24) is 4.98 Å². The summed E-state index contributed by atoms with van der Waals surface area (Å²) in [6, 6.07) is 27.2. The van der Waals surface area contributed by atoms with Crippen molar-refractivity contribution in [2.75, 3.05) is 7.11 Å². The minimum atomic E-state index is 0.401. The van der Waals surface area contributed by atoms with Gasteiger partial charge >= 0.3 is 0 Å². The largest absolute Gasteiger partial charge is 0.496 e. The van der Waals surface area contributed by atoms with Crippen molar-refractivity contribution in [3.05, 3.63) is 113 Å². The number of aromatic nitrogens is 1. The van der Waals surface area contributed by atoms with E-state index in [1.54, 1.807) is 7.11 Å². The highest BCUT2D eigenvalue weighted by molar-refractivity contribution is 5.69. The molecule has 0 radical (unpaired) electrons. The fraction of sp³-hybridized carbons (Fsp3) is 0.233. The third-order valence-corrected chi connectivity index (χ3v) is 6.01. The van der Waals surface area contributed by atoms with E-state index in [1.165, 1.54) is 22.3 Å². The lowest BCUT2D eigenvalue weighted by Crippen LogP contribution is -2.03. The quantitative estimate of drug-likeness (QED) is 0.281. The monoisotopic (exact) mass is 437 g/mol. The standard InChI is InChI=1S/C30H31NO2/c1-4-23-15-11-16-24(5-2)30(23)27-19-29(32-3)26(20-31-27)21-33-28-17-10-9-14-25(28)18-22-12-7-6-8-13-22/h6-17,19-20H,4-5,18,21H2,1-3H3. The number of hydrogen-bond donors (Lipinski definition) is 0. The topological polar surface area (TPSA) is 31.4 Å². The van der Waals surface area contributed by atoms with E-state index in [-0.39, 0.29) is 0 Å². The molecule has 0 aliphatic heterocycles. The van der Waals surface area contributed by atoms with Crippen LogP contribution in [-0.4, -0.2) is 12.1 Å². The molecular formula is C30H31NO2. The first kappa shape index (κ1) is 22.6. The predicted octanol–water partition coefficient (Wildman–Crippen LogP) is 7.05. The Labute approximate surface area is 197 Å². The van der Waals surface area contributed by atoms with Crippen LogP contribution in [0, 0.1) is 0 Å². The second kappa shape index (κ2) is 10.8. The van der Waals surface area contributed by atoms with Gasteiger partial charge in [-0.2, -0.15) is 0 Å². The molecule has 1 aromatic heterocycles. The minimum Gasteiger partial charge on any atom is -0.496 e. The Morgan fingerprint density at radius 1 is 0.697 bits per heavy atom. The molecule has 0 fully saturated rings. The summed E-state index contributed by atoms with van der Waals surface area (Å²) >= 11 is 0. The maximum absolute atomic E-state index is 6.25. The van der Waals surface area contributed by atoms with Crippen molar-refractivity contribution >= 4 is 0 Å². The zero-order chi connectivity index (χ0) is 23.0. The van der Waals surface area contributed by atoms with Crippen LogP contribution in [0.4, 0.5) is 0 Å². The van der Waals surface area contributed by atoms with Gasteiger partial charge in [0.2, 0.25) is 0 Å². The lowest BCUT2D eigenvalue weighted by molar-refractivity contribution is 0.293. The van der Waals surface area contributed by atoms with Crippen LogP contribution in [0.2, 0.25) is 0 Å². The van der Waals surface area contributed by atoms with Crippen molar-refractivity contribution < 1.29 is 9.47 Å². The molecule has 0 aliphatic rings. The van der Waals surface area contributed by atoms with Crippen molar-refractivity contribution in [1.29, 1.82) is 0 Å². The van der Waals surface area contributed by atoms with E-state index in [0.717, 1.165) is 47.6 Å². The summed E-state index contributed by atoms with van der Waals surface area (Å²) in [5, 5.41) is 0. The fourth-order valence-electron chi connectivity index (χ4n) is 4.23. The Kier molecular flexibility index (Phi) is 7.41. The van der Waals surface area contributed by atoms with Gasteiger partial charge in [0.15, 0.2) is 0 Å². The Balaban J connectivity index is 1.58. The van der Waals surface area contributed by atoms with Gasteiger partial charge < -0.3 is 9.47 Å².